The molecule has 1 heterocycles. The lowest BCUT2D eigenvalue weighted by molar-refractivity contribution is 0.509. The van der Waals surface area contributed by atoms with Gasteiger partial charge in [0.2, 0.25) is 0 Å². The highest BCUT2D eigenvalue weighted by molar-refractivity contribution is 5.73. The van der Waals surface area contributed by atoms with Crippen LogP contribution in [0.4, 0.5) is 11.4 Å². The van der Waals surface area contributed by atoms with Crippen molar-refractivity contribution >= 4 is 11.4 Å². The second kappa shape index (κ2) is 5.92. The number of hydrogen-bond acceptors (Lipinski definition) is 1. The first-order valence-corrected chi connectivity index (χ1v) is 8.32. The molecule has 1 aliphatic heterocycles. The molecule has 0 aliphatic carbocycles. The third-order valence-electron chi connectivity index (χ3n) is 4.83. The van der Waals surface area contributed by atoms with Crippen LogP contribution in [-0.2, 0) is 6.42 Å². The Morgan fingerprint density at radius 2 is 1.26 bits per heavy atom. The number of rotatable bonds is 3. The summed E-state index contributed by atoms with van der Waals surface area (Å²) in [5.74, 6) is 0.977. The first-order valence-electron chi connectivity index (χ1n) is 8.32. The summed E-state index contributed by atoms with van der Waals surface area (Å²) in [4.78, 5) is 0. The van der Waals surface area contributed by atoms with Crippen LogP contribution in [0.1, 0.15) is 29.5 Å². The molecule has 0 spiro atoms. The first kappa shape index (κ1) is 14.1. The SMILES string of the molecule is C[C@H](Cc1ccccc1)C1c2ccccc2Nc2ccccc21. The highest BCUT2D eigenvalue weighted by Gasteiger charge is 2.29. The smallest absolute Gasteiger partial charge is 0.0423 e. The van der Waals surface area contributed by atoms with E-state index < -0.39 is 0 Å². The summed E-state index contributed by atoms with van der Waals surface area (Å²) >= 11 is 0. The van der Waals surface area contributed by atoms with E-state index in [1.54, 1.807) is 0 Å². The largest absolute Gasteiger partial charge is 0.355 e. The molecule has 0 amide bonds. The van der Waals surface area contributed by atoms with Crippen molar-refractivity contribution < 1.29 is 0 Å². The van der Waals surface area contributed by atoms with Crippen LogP contribution in [0.5, 0.6) is 0 Å². The summed E-state index contributed by atoms with van der Waals surface area (Å²) in [5, 5.41) is 3.59. The molecular formula is C22H21N. The number of para-hydroxylation sites is 2. The Kier molecular flexibility index (Phi) is 3.63. The molecule has 0 saturated heterocycles. The highest BCUT2D eigenvalue weighted by Crippen LogP contribution is 2.45. The second-order valence-corrected chi connectivity index (χ2v) is 6.44. The number of hydrogen-bond donors (Lipinski definition) is 1. The van der Waals surface area contributed by atoms with E-state index in [4.69, 9.17) is 0 Å². The Morgan fingerprint density at radius 3 is 1.87 bits per heavy atom. The van der Waals surface area contributed by atoms with Crippen molar-refractivity contribution in [2.75, 3.05) is 5.32 Å². The maximum atomic E-state index is 3.59. The van der Waals surface area contributed by atoms with Gasteiger partial charge in [-0.05, 0) is 41.2 Å². The third kappa shape index (κ3) is 2.63. The molecule has 1 atom stereocenters. The number of anilines is 2. The molecule has 0 unspecified atom stereocenters. The Bertz CT molecular complexity index is 761. The van der Waals surface area contributed by atoms with Crippen molar-refractivity contribution in [3.63, 3.8) is 0 Å². The van der Waals surface area contributed by atoms with Crippen molar-refractivity contribution in [1.82, 2.24) is 0 Å². The second-order valence-electron chi connectivity index (χ2n) is 6.44. The highest BCUT2D eigenvalue weighted by atomic mass is 14.9. The lowest BCUT2D eigenvalue weighted by Crippen LogP contribution is -2.20. The minimum absolute atomic E-state index is 0.434. The maximum Gasteiger partial charge on any atom is 0.0423 e. The monoisotopic (exact) mass is 299 g/mol. The van der Waals surface area contributed by atoms with Gasteiger partial charge in [-0.25, -0.2) is 0 Å². The predicted molar refractivity (Wildman–Crippen MR) is 97.3 cm³/mol. The fraction of sp³-hybridized carbons (Fsp3) is 0.182. The molecular weight excluding hydrogens is 278 g/mol. The Hall–Kier alpha value is -2.54. The molecule has 0 saturated carbocycles. The van der Waals surface area contributed by atoms with Crippen molar-refractivity contribution in [2.24, 2.45) is 5.92 Å². The minimum Gasteiger partial charge on any atom is -0.355 e. The van der Waals surface area contributed by atoms with E-state index in [1.165, 1.54) is 28.1 Å². The quantitative estimate of drug-likeness (QED) is 0.649. The van der Waals surface area contributed by atoms with Gasteiger partial charge in [-0.2, -0.15) is 0 Å². The fourth-order valence-corrected chi connectivity index (χ4v) is 3.79. The molecule has 0 bridgehead atoms. The van der Waals surface area contributed by atoms with Gasteiger partial charge < -0.3 is 5.32 Å². The normalized spacial score (nSPS) is 14.5. The summed E-state index contributed by atoms with van der Waals surface area (Å²) in [6.07, 6.45) is 1.09. The minimum atomic E-state index is 0.434. The number of fused-ring (bicyclic) bond motifs is 2. The van der Waals surface area contributed by atoms with Crippen molar-refractivity contribution in [3.05, 3.63) is 95.6 Å². The topological polar surface area (TPSA) is 12.0 Å². The molecule has 0 radical (unpaired) electrons. The number of nitrogens with one attached hydrogen (secondary N) is 1. The molecule has 1 heteroatoms. The van der Waals surface area contributed by atoms with E-state index in [9.17, 15) is 0 Å². The maximum absolute atomic E-state index is 3.59. The molecule has 3 aromatic rings. The van der Waals surface area contributed by atoms with E-state index in [1.807, 2.05) is 0 Å². The zero-order valence-electron chi connectivity index (χ0n) is 13.4. The molecule has 1 aliphatic rings. The van der Waals surface area contributed by atoms with Crippen LogP contribution in [0, 0.1) is 5.92 Å². The van der Waals surface area contributed by atoms with Gasteiger partial charge in [0, 0.05) is 17.3 Å². The zero-order chi connectivity index (χ0) is 15.6. The van der Waals surface area contributed by atoms with Crippen molar-refractivity contribution in [1.29, 1.82) is 0 Å². The Balaban J connectivity index is 1.75. The average Bonchev–Trinajstić information content (AvgIpc) is 2.60. The van der Waals surface area contributed by atoms with Crippen LogP contribution in [0.15, 0.2) is 78.9 Å². The number of benzene rings is 3. The van der Waals surface area contributed by atoms with Gasteiger partial charge in [-0.15, -0.1) is 0 Å². The van der Waals surface area contributed by atoms with Crippen LogP contribution in [-0.4, -0.2) is 0 Å². The molecule has 1 N–H and O–H groups in total. The molecule has 4 rings (SSSR count). The summed E-state index contributed by atoms with van der Waals surface area (Å²) in [6.45, 7) is 2.37. The molecule has 0 aromatic heterocycles. The summed E-state index contributed by atoms with van der Waals surface area (Å²) in [5.41, 5.74) is 6.73. The fourth-order valence-electron chi connectivity index (χ4n) is 3.79. The lowest BCUT2D eigenvalue weighted by Gasteiger charge is -2.33. The third-order valence-corrected chi connectivity index (χ3v) is 4.83. The van der Waals surface area contributed by atoms with Crippen molar-refractivity contribution in [3.8, 4) is 0 Å². The van der Waals surface area contributed by atoms with Crippen LogP contribution >= 0.6 is 0 Å². The van der Waals surface area contributed by atoms with E-state index in [-0.39, 0.29) is 0 Å². The standard InChI is InChI=1S/C22H21N/c1-16(15-17-9-3-2-4-10-17)22-18-11-5-7-13-20(18)23-21-14-8-6-12-19(21)22/h2-14,16,22-23H,15H2,1H3/t16-/m1/s1. The molecule has 3 aromatic carbocycles. The zero-order valence-corrected chi connectivity index (χ0v) is 13.4. The van der Waals surface area contributed by atoms with E-state index in [0.29, 0.717) is 11.8 Å². The van der Waals surface area contributed by atoms with Gasteiger partial charge in [0.1, 0.15) is 0 Å². The van der Waals surface area contributed by atoms with Crippen LogP contribution in [0.2, 0.25) is 0 Å². The Morgan fingerprint density at radius 1 is 0.739 bits per heavy atom. The van der Waals surface area contributed by atoms with Gasteiger partial charge in [0.05, 0.1) is 0 Å². The van der Waals surface area contributed by atoms with Crippen LogP contribution in [0.25, 0.3) is 0 Å². The van der Waals surface area contributed by atoms with Gasteiger partial charge >= 0.3 is 0 Å². The van der Waals surface area contributed by atoms with E-state index in [2.05, 4.69) is 91.1 Å². The summed E-state index contributed by atoms with van der Waals surface area (Å²) < 4.78 is 0. The van der Waals surface area contributed by atoms with Crippen LogP contribution in [0.3, 0.4) is 0 Å². The summed E-state index contributed by atoms with van der Waals surface area (Å²) in [6, 6.07) is 28.2. The van der Waals surface area contributed by atoms with Crippen LogP contribution < -0.4 is 5.32 Å². The van der Waals surface area contributed by atoms with Gasteiger partial charge in [-0.3, -0.25) is 0 Å². The summed E-state index contributed by atoms with van der Waals surface area (Å²) in [7, 11) is 0. The predicted octanol–water partition coefficient (Wildman–Crippen LogP) is 5.75. The lowest BCUT2D eigenvalue weighted by atomic mass is 9.76. The van der Waals surface area contributed by atoms with Gasteiger partial charge in [0.25, 0.3) is 0 Å². The molecule has 23 heavy (non-hydrogen) atoms. The van der Waals surface area contributed by atoms with Crippen molar-refractivity contribution in [2.45, 2.75) is 19.3 Å². The van der Waals surface area contributed by atoms with E-state index >= 15 is 0 Å². The molecule has 114 valence electrons. The van der Waals surface area contributed by atoms with Gasteiger partial charge in [0.15, 0.2) is 0 Å². The van der Waals surface area contributed by atoms with E-state index in [0.717, 1.165) is 6.42 Å². The average molecular weight is 299 g/mol. The first-order chi connectivity index (χ1) is 11.3. The van der Waals surface area contributed by atoms with Gasteiger partial charge in [-0.1, -0.05) is 73.7 Å². The molecule has 1 nitrogen and oxygen atoms in total. The Labute approximate surface area is 138 Å². The molecule has 0 fully saturated rings.